The Bertz CT molecular complexity index is 4470. The average Bonchev–Trinajstić information content (AvgIpc) is 4.15. The van der Waals surface area contributed by atoms with E-state index in [9.17, 15) is 0 Å². The number of aromatic nitrogens is 5. The van der Waals surface area contributed by atoms with E-state index in [2.05, 4.69) is 223 Å². The van der Waals surface area contributed by atoms with Gasteiger partial charge in [-0.1, -0.05) is 190 Å². The molecule has 0 spiro atoms. The fourth-order valence-corrected chi connectivity index (χ4v) is 11.8. The molecule has 0 amide bonds. The van der Waals surface area contributed by atoms with E-state index in [-0.39, 0.29) is 5.41 Å². The Kier molecular flexibility index (Phi) is 8.61. The molecule has 14 aromatic rings. The van der Waals surface area contributed by atoms with Gasteiger partial charge in [0.1, 0.15) is 5.69 Å². The predicted octanol–water partition coefficient (Wildman–Crippen LogP) is 16.9. The lowest BCUT2D eigenvalue weighted by Crippen LogP contribution is -2.14. The predicted molar refractivity (Wildman–Crippen MR) is 295 cm³/mol. The van der Waals surface area contributed by atoms with Crippen molar-refractivity contribution in [1.29, 1.82) is 0 Å². The van der Waals surface area contributed by atoms with Crippen molar-refractivity contribution in [2.45, 2.75) is 19.3 Å². The van der Waals surface area contributed by atoms with Gasteiger partial charge in [-0.2, -0.15) is 0 Å². The first-order valence-electron chi connectivity index (χ1n) is 24.6. The first-order chi connectivity index (χ1) is 35.5. The third-order valence-corrected chi connectivity index (χ3v) is 15.2. The van der Waals surface area contributed by atoms with Crippen molar-refractivity contribution in [2.24, 2.45) is 0 Å². The first-order valence-corrected chi connectivity index (χ1v) is 24.6. The molecule has 1 aliphatic carbocycles. The number of furan rings is 1. The van der Waals surface area contributed by atoms with Gasteiger partial charge in [0, 0.05) is 54.4 Å². The summed E-state index contributed by atoms with van der Waals surface area (Å²) in [7, 11) is 0. The summed E-state index contributed by atoms with van der Waals surface area (Å²) in [6.07, 6.45) is 0. The van der Waals surface area contributed by atoms with Crippen molar-refractivity contribution < 1.29 is 4.42 Å². The van der Waals surface area contributed by atoms with Crippen LogP contribution in [-0.2, 0) is 5.41 Å². The number of fused-ring (bicyclic) bond motifs is 12. The monoisotopic (exact) mass is 921 g/mol. The summed E-state index contributed by atoms with van der Waals surface area (Å²) in [5, 5.41) is 6.74. The molecular weight excluding hydrogens is 879 g/mol. The maximum Gasteiger partial charge on any atom is 0.166 e. The summed E-state index contributed by atoms with van der Waals surface area (Å²) >= 11 is 0. The minimum absolute atomic E-state index is 0.165. The average molecular weight is 922 g/mol. The Morgan fingerprint density at radius 2 is 0.847 bits per heavy atom. The molecule has 0 fully saturated rings. The van der Waals surface area contributed by atoms with Crippen molar-refractivity contribution in [3.05, 3.63) is 236 Å². The quantitative estimate of drug-likeness (QED) is 0.167. The highest BCUT2D eigenvalue weighted by Crippen LogP contribution is 2.52. The Balaban J connectivity index is 1.02. The molecule has 0 bridgehead atoms. The van der Waals surface area contributed by atoms with Crippen molar-refractivity contribution in [1.82, 2.24) is 24.1 Å². The molecule has 0 aliphatic heterocycles. The van der Waals surface area contributed by atoms with Gasteiger partial charge < -0.3 is 13.6 Å². The number of hydrogen-bond donors (Lipinski definition) is 0. The third-order valence-electron chi connectivity index (χ3n) is 15.2. The lowest BCUT2D eigenvalue weighted by molar-refractivity contribution is 0.660. The Morgan fingerprint density at radius 1 is 0.333 bits per heavy atom. The van der Waals surface area contributed by atoms with E-state index in [0.29, 0.717) is 17.5 Å². The van der Waals surface area contributed by atoms with Crippen LogP contribution in [0.1, 0.15) is 25.0 Å². The fraction of sp³-hybridized carbons (Fsp3) is 0.0455. The third kappa shape index (κ3) is 5.87. The van der Waals surface area contributed by atoms with Gasteiger partial charge in [-0.3, -0.25) is 0 Å². The van der Waals surface area contributed by atoms with E-state index >= 15 is 0 Å². The lowest BCUT2D eigenvalue weighted by atomic mass is 9.82. The van der Waals surface area contributed by atoms with Gasteiger partial charge in [-0.05, 0) is 81.9 Å². The number of para-hydroxylation sites is 4. The summed E-state index contributed by atoms with van der Waals surface area (Å²) in [5.41, 5.74) is 17.8. The summed E-state index contributed by atoms with van der Waals surface area (Å²) < 4.78 is 12.4. The molecule has 6 heteroatoms. The molecule has 338 valence electrons. The molecule has 15 rings (SSSR count). The van der Waals surface area contributed by atoms with Crippen LogP contribution in [0, 0.1) is 0 Å². The van der Waals surface area contributed by atoms with E-state index in [4.69, 9.17) is 19.4 Å². The molecular formula is C66H43N5O. The zero-order chi connectivity index (χ0) is 47.7. The second-order valence-corrected chi connectivity index (χ2v) is 19.5. The van der Waals surface area contributed by atoms with Crippen LogP contribution >= 0.6 is 0 Å². The molecule has 0 N–H and O–H groups in total. The highest BCUT2D eigenvalue weighted by Gasteiger charge is 2.36. The molecule has 1 aliphatic rings. The van der Waals surface area contributed by atoms with Gasteiger partial charge in [0.2, 0.25) is 0 Å². The minimum Gasteiger partial charge on any atom is -0.452 e. The Hall–Kier alpha value is -9.39. The molecule has 0 saturated heterocycles. The summed E-state index contributed by atoms with van der Waals surface area (Å²) in [6.45, 7) is 4.70. The summed E-state index contributed by atoms with van der Waals surface area (Å²) in [4.78, 5) is 15.9. The Labute approximate surface area is 414 Å². The van der Waals surface area contributed by atoms with Gasteiger partial charge >= 0.3 is 0 Å². The van der Waals surface area contributed by atoms with Crippen LogP contribution in [0.2, 0.25) is 0 Å². The van der Waals surface area contributed by atoms with Crippen LogP contribution in [-0.4, -0.2) is 24.1 Å². The van der Waals surface area contributed by atoms with E-state index in [1.54, 1.807) is 0 Å². The molecule has 0 saturated carbocycles. The maximum atomic E-state index is 7.58. The van der Waals surface area contributed by atoms with Gasteiger partial charge in [0.15, 0.2) is 28.6 Å². The van der Waals surface area contributed by atoms with Gasteiger partial charge in [-0.15, -0.1) is 0 Å². The van der Waals surface area contributed by atoms with Crippen LogP contribution in [0.5, 0.6) is 0 Å². The number of hydrogen-bond acceptors (Lipinski definition) is 4. The highest BCUT2D eigenvalue weighted by atomic mass is 16.3. The number of benzene rings is 10. The molecule has 72 heavy (non-hydrogen) atoms. The molecule has 0 radical (unpaired) electrons. The van der Waals surface area contributed by atoms with Gasteiger partial charge in [0.05, 0.1) is 27.8 Å². The van der Waals surface area contributed by atoms with Gasteiger partial charge in [-0.25, -0.2) is 15.0 Å². The smallest absolute Gasteiger partial charge is 0.166 e. The van der Waals surface area contributed by atoms with Crippen LogP contribution in [0.3, 0.4) is 0 Å². The highest BCUT2D eigenvalue weighted by molar-refractivity contribution is 6.17. The molecule has 4 aromatic heterocycles. The normalized spacial score (nSPS) is 13.0. The zero-order valence-electron chi connectivity index (χ0n) is 39.5. The lowest BCUT2D eigenvalue weighted by Gasteiger charge is -2.21. The zero-order valence-corrected chi connectivity index (χ0v) is 39.5. The number of nitrogens with zero attached hydrogens (tertiary/aromatic N) is 5. The molecule has 0 atom stereocenters. The van der Waals surface area contributed by atoms with Crippen LogP contribution < -0.4 is 0 Å². The van der Waals surface area contributed by atoms with E-state index in [0.717, 1.165) is 94.0 Å². The largest absolute Gasteiger partial charge is 0.452 e. The molecule has 6 nitrogen and oxygen atoms in total. The topological polar surface area (TPSA) is 61.7 Å². The maximum absolute atomic E-state index is 7.58. The van der Waals surface area contributed by atoms with Crippen LogP contribution in [0.15, 0.2) is 229 Å². The molecule has 4 heterocycles. The summed E-state index contributed by atoms with van der Waals surface area (Å²) in [6, 6.07) is 79.8. The standard InChI is InChI=1S/C66H43N5O/c1-66(2)53-27-13-9-22-44(53)51-38-52-47-25-12-14-28-55(47)70(59(52)39-54(51)66)58-31-17-26-48-49-36-37-50(60(62(49)72-61(48)58)71-56-29-15-10-23-45(56)46-24-11-16-30-57(46)71)65-68-63(42-20-7-4-8-21-42)67-64(69-65)43-34-32-41(33-35-43)40-18-5-3-6-19-40/h3-39H,1-2H3. The fourth-order valence-electron chi connectivity index (χ4n) is 11.8. The van der Waals surface area contributed by atoms with E-state index in [1.165, 1.54) is 33.0 Å². The molecule has 0 unspecified atom stereocenters. The Morgan fingerprint density at radius 3 is 1.54 bits per heavy atom. The van der Waals surface area contributed by atoms with Gasteiger partial charge in [0.25, 0.3) is 0 Å². The van der Waals surface area contributed by atoms with Crippen LogP contribution in [0.25, 0.3) is 133 Å². The second kappa shape index (κ2) is 15.3. The SMILES string of the molecule is CC1(C)c2ccccc2-c2cc3c4ccccc4n(-c4cccc5c4oc4c(-n6c7ccccc7c7ccccc76)c(-c6nc(-c7ccccc7)nc(-c7ccc(-c8ccccc8)cc7)n6)ccc45)c3cc21. The van der Waals surface area contributed by atoms with Crippen molar-refractivity contribution in [2.75, 3.05) is 0 Å². The summed E-state index contributed by atoms with van der Waals surface area (Å²) in [5.74, 6) is 1.72. The first kappa shape index (κ1) is 40.5. The second-order valence-electron chi connectivity index (χ2n) is 19.5. The van der Waals surface area contributed by atoms with E-state index in [1.807, 2.05) is 24.3 Å². The van der Waals surface area contributed by atoms with Crippen molar-refractivity contribution >= 4 is 65.6 Å². The van der Waals surface area contributed by atoms with Crippen LogP contribution in [0.4, 0.5) is 0 Å². The van der Waals surface area contributed by atoms with E-state index < -0.39 is 0 Å². The van der Waals surface area contributed by atoms with Crippen molar-refractivity contribution in [3.63, 3.8) is 0 Å². The van der Waals surface area contributed by atoms with Crippen molar-refractivity contribution in [3.8, 4) is 67.8 Å². The number of rotatable bonds is 6. The minimum atomic E-state index is -0.165. The molecule has 10 aromatic carbocycles.